The highest BCUT2D eigenvalue weighted by atomic mass is 32.1. The number of benzene rings is 1. The van der Waals surface area contributed by atoms with Crippen LogP contribution in [0.5, 0.6) is 0 Å². The van der Waals surface area contributed by atoms with Crippen LogP contribution in [0.1, 0.15) is 20.9 Å². The lowest BCUT2D eigenvalue weighted by atomic mass is 10.1. The summed E-state index contributed by atoms with van der Waals surface area (Å²) in [5, 5.41) is 6.37. The van der Waals surface area contributed by atoms with Crippen molar-refractivity contribution in [2.24, 2.45) is 0 Å². The van der Waals surface area contributed by atoms with E-state index in [-0.39, 0.29) is 0 Å². The first-order valence-corrected chi connectivity index (χ1v) is 7.58. The molecule has 1 aromatic carbocycles. The molecule has 21 heavy (non-hydrogen) atoms. The molecule has 0 saturated carbocycles. The van der Waals surface area contributed by atoms with E-state index < -0.39 is 0 Å². The molecule has 0 aliphatic heterocycles. The maximum atomic E-state index is 6.02. The van der Waals surface area contributed by atoms with Crippen molar-refractivity contribution in [1.29, 1.82) is 0 Å². The Labute approximate surface area is 130 Å². The summed E-state index contributed by atoms with van der Waals surface area (Å²) in [5.74, 6) is 0. The monoisotopic (exact) mass is 299 g/mol. The van der Waals surface area contributed by atoms with Gasteiger partial charge in [-0.25, -0.2) is 0 Å². The summed E-state index contributed by atoms with van der Waals surface area (Å²) in [6, 6.07) is 10.4. The predicted molar refractivity (Wildman–Crippen MR) is 93.9 cm³/mol. The summed E-state index contributed by atoms with van der Waals surface area (Å²) < 4.78 is 0. The van der Waals surface area contributed by atoms with Crippen LogP contribution in [0.2, 0.25) is 0 Å². The molecule has 0 aliphatic rings. The van der Waals surface area contributed by atoms with Crippen LogP contribution in [0, 0.1) is 6.92 Å². The fraction of sp³-hybridized carbons (Fsp3) is 0.176. The molecule has 2 rings (SSSR count). The van der Waals surface area contributed by atoms with Crippen LogP contribution >= 0.6 is 11.3 Å². The molecular formula is C17H21N3S. The molecule has 0 atom stereocenters. The summed E-state index contributed by atoms with van der Waals surface area (Å²) in [4.78, 5) is 2.00. The summed E-state index contributed by atoms with van der Waals surface area (Å²) in [5.41, 5.74) is 10.9. The van der Waals surface area contributed by atoms with E-state index in [4.69, 9.17) is 5.73 Å². The Morgan fingerprint density at radius 3 is 2.48 bits per heavy atom. The van der Waals surface area contributed by atoms with Crippen molar-refractivity contribution in [1.82, 2.24) is 10.6 Å². The molecule has 1 aromatic heterocycles. The average Bonchev–Trinajstić information content (AvgIpc) is 2.87. The Hall–Kier alpha value is -2.20. The second-order valence-corrected chi connectivity index (χ2v) is 5.99. The standard InChI is InChI=1S/C17H21N3S/c1-11-5-7-14(8-6-11)10-20-12(2)16-9-15(18)17(21-16)13(3)19-4/h5-9,19-20H,2-3,10,18H2,1,4H3. The minimum atomic E-state index is 0.729. The van der Waals surface area contributed by atoms with Gasteiger partial charge in [-0.05, 0) is 18.6 Å². The van der Waals surface area contributed by atoms with Crippen LogP contribution in [-0.2, 0) is 6.54 Å². The summed E-state index contributed by atoms with van der Waals surface area (Å²) in [7, 11) is 1.84. The van der Waals surface area contributed by atoms with Crippen LogP contribution in [-0.4, -0.2) is 7.05 Å². The minimum Gasteiger partial charge on any atom is -0.397 e. The lowest BCUT2D eigenvalue weighted by Crippen LogP contribution is -2.09. The number of aryl methyl sites for hydroxylation is 1. The first kappa shape index (κ1) is 15.2. The smallest absolute Gasteiger partial charge is 0.0732 e. The van der Waals surface area contributed by atoms with Gasteiger partial charge < -0.3 is 16.4 Å². The summed E-state index contributed by atoms with van der Waals surface area (Å²) in [6.45, 7) is 10.9. The van der Waals surface area contributed by atoms with E-state index in [2.05, 4.69) is 55.0 Å². The Morgan fingerprint density at radius 1 is 1.19 bits per heavy atom. The normalized spacial score (nSPS) is 10.2. The fourth-order valence-corrected chi connectivity index (χ4v) is 2.91. The highest BCUT2D eigenvalue weighted by Crippen LogP contribution is 2.32. The third kappa shape index (κ3) is 3.67. The van der Waals surface area contributed by atoms with E-state index in [0.29, 0.717) is 0 Å². The van der Waals surface area contributed by atoms with Crippen molar-refractivity contribution in [3.8, 4) is 0 Å². The van der Waals surface area contributed by atoms with Gasteiger partial charge in [0.15, 0.2) is 0 Å². The van der Waals surface area contributed by atoms with Gasteiger partial charge in [0.2, 0.25) is 0 Å². The molecule has 3 nitrogen and oxygen atoms in total. The maximum absolute atomic E-state index is 6.02. The third-order valence-corrected chi connectivity index (χ3v) is 4.53. The predicted octanol–water partition coefficient (Wildman–Crippen LogP) is 3.59. The Morgan fingerprint density at radius 2 is 1.86 bits per heavy atom. The van der Waals surface area contributed by atoms with E-state index in [9.17, 15) is 0 Å². The topological polar surface area (TPSA) is 50.1 Å². The van der Waals surface area contributed by atoms with Crippen molar-refractivity contribution in [2.45, 2.75) is 13.5 Å². The zero-order valence-electron chi connectivity index (χ0n) is 12.5. The summed E-state index contributed by atoms with van der Waals surface area (Å²) in [6.07, 6.45) is 0. The van der Waals surface area contributed by atoms with Crippen LogP contribution in [0.15, 0.2) is 43.5 Å². The first-order chi connectivity index (χ1) is 10.0. The third-order valence-electron chi connectivity index (χ3n) is 3.26. The Bertz CT molecular complexity index is 653. The molecular weight excluding hydrogens is 278 g/mol. The number of anilines is 1. The van der Waals surface area contributed by atoms with Crippen LogP contribution in [0.25, 0.3) is 11.4 Å². The van der Waals surface area contributed by atoms with Crippen LogP contribution < -0.4 is 16.4 Å². The van der Waals surface area contributed by atoms with Crippen LogP contribution in [0.3, 0.4) is 0 Å². The lowest BCUT2D eigenvalue weighted by Gasteiger charge is -2.08. The van der Waals surface area contributed by atoms with Crippen molar-refractivity contribution in [3.05, 3.63) is 64.4 Å². The molecule has 0 spiro atoms. The van der Waals surface area contributed by atoms with Gasteiger partial charge in [0.05, 0.1) is 15.4 Å². The molecule has 0 bridgehead atoms. The highest BCUT2D eigenvalue weighted by molar-refractivity contribution is 7.14. The molecule has 0 amide bonds. The van der Waals surface area contributed by atoms with Gasteiger partial charge in [-0.2, -0.15) is 0 Å². The lowest BCUT2D eigenvalue weighted by molar-refractivity contribution is 0.894. The molecule has 0 unspecified atom stereocenters. The van der Waals surface area contributed by atoms with Crippen molar-refractivity contribution < 1.29 is 0 Å². The molecule has 4 N–H and O–H groups in total. The molecule has 110 valence electrons. The van der Waals surface area contributed by atoms with Crippen molar-refractivity contribution in [2.75, 3.05) is 12.8 Å². The molecule has 2 aromatic rings. The van der Waals surface area contributed by atoms with E-state index in [0.717, 1.165) is 33.4 Å². The molecule has 0 radical (unpaired) electrons. The maximum Gasteiger partial charge on any atom is 0.0732 e. The summed E-state index contributed by atoms with van der Waals surface area (Å²) >= 11 is 1.59. The zero-order chi connectivity index (χ0) is 15.4. The quantitative estimate of drug-likeness (QED) is 0.764. The SMILES string of the molecule is C=C(NCc1ccc(C)cc1)c1cc(N)c(C(=C)NC)s1. The van der Waals surface area contributed by atoms with Gasteiger partial charge >= 0.3 is 0 Å². The van der Waals surface area contributed by atoms with Crippen LogP contribution in [0.4, 0.5) is 5.69 Å². The van der Waals surface area contributed by atoms with Crippen molar-refractivity contribution in [3.63, 3.8) is 0 Å². The first-order valence-electron chi connectivity index (χ1n) is 6.76. The average molecular weight is 299 g/mol. The molecule has 4 heteroatoms. The minimum absolute atomic E-state index is 0.729. The van der Waals surface area contributed by atoms with Gasteiger partial charge in [0.1, 0.15) is 0 Å². The number of nitrogens with one attached hydrogen (secondary N) is 2. The number of hydrogen-bond acceptors (Lipinski definition) is 4. The second-order valence-electron chi connectivity index (χ2n) is 4.94. The van der Waals surface area contributed by atoms with E-state index >= 15 is 0 Å². The number of nitrogens with two attached hydrogens (primary N) is 1. The Kier molecular flexibility index (Phi) is 4.70. The van der Waals surface area contributed by atoms with Gasteiger partial charge in [0, 0.05) is 25.0 Å². The molecule has 1 heterocycles. The van der Waals surface area contributed by atoms with Gasteiger partial charge in [0.25, 0.3) is 0 Å². The number of rotatable bonds is 6. The number of nitrogen functional groups attached to an aromatic ring is 1. The zero-order valence-corrected chi connectivity index (χ0v) is 13.3. The second kappa shape index (κ2) is 6.50. The van der Waals surface area contributed by atoms with E-state index in [1.54, 1.807) is 11.3 Å². The van der Waals surface area contributed by atoms with E-state index in [1.807, 2.05) is 13.1 Å². The van der Waals surface area contributed by atoms with Gasteiger partial charge in [-0.1, -0.05) is 43.0 Å². The van der Waals surface area contributed by atoms with Gasteiger partial charge in [-0.15, -0.1) is 11.3 Å². The molecule has 0 saturated heterocycles. The number of thiophene rings is 1. The highest BCUT2D eigenvalue weighted by Gasteiger charge is 2.10. The Balaban J connectivity index is 2.03. The molecule has 0 aliphatic carbocycles. The fourth-order valence-electron chi connectivity index (χ4n) is 1.91. The molecule has 0 fully saturated rings. The largest absolute Gasteiger partial charge is 0.397 e. The van der Waals surface area contributed by atoms with Crippen molar-refractivity contribution >= 4 is 28.4 Å². The van der Waals surface area contributed by atoms with E-state index in [1.165, 1.54) is 11.1 Å². The number of hydrogen-bond donors (Lipinski definition) is 3. The van der Waals surface area contributed by atoms with Gasteiger partial charge in [-0.3, -0.25) is 0 Å².